The molecule has 2 aliphatic heterocycles. The van der Waals surface area contributed by atoms with Crippen molar-refractivity contribution in [3.05, 3.63) is 58.7 Å². The van der Waals surface area contributed by atoms with Crippen LogP contribution in [0.1, 0.15) is 48.6 Å². The Balaban J connectivity index is 1.58. The maximum atomic E-state index is 13.7. The lowest BCUT2D eigenvalue weighted by Gasteiger charge is -2.40. The SMILES string of the molecule is CN1C(=O)C(C)(C)c2cc(N3CC(C(=O)O)C(=O)N([C@@H]4CCc5c4cccc5C(F)(F)F)C3=O)ccc21. The van der Waals surface area contributed by atoms with Crippen molar-refractivity contribution in [2.75, 3.05) is 23.4 Å². The number of aliphatic carboxylic acids is 1. The van der Waals surface area contributed by atoms with Gasteiger partial charge in [-0.25, -0.2) is 4.79 Å². The van der Waals surface area contributed by atoms with Gasteiger partial charge >= 0.3 is 18.2 Å². The highest BCUT2D eigenvalue weighted by Crippen LogP contribution is 2.46. The van der Waals surface area contributed by atoms with Crippen molar-refractivity contribution in [3.8, 4) is 0 Å². The van der Waals surface area contributed by atoms with Crippen LogP contribution in [0.15, 0.2) is 36.4 Å². The van der Waals surface area contributed by atoms with Crippen molar-refractivity contribution in [1.82, 2.24) is 4.90 Å². The molecular formula is C26H24F3N3O5. The lowest BCUT2D eigenvalue weighted by molar-refractivity contribution is -0.151. The van der Waals surface area contributed by atoms with E-state index < -0.39 is 53.6 Å². The monoisotopic (exact) mass is 515 g/mol. The maximum Gasteiger partial charge on any atom is 0.416 e. The Morgan fingerprint density at radius 1 is 1.11 bits per heavy atom. The number of amides is 4. The molecule has 0 bridgehead atoms. The van der Waals surface area contributed by atoms with E-state index >= 15 is 0 Å². The molecule has 194 valence electrons. The molecule has 1 N–H and O–H groups in total. The third kappa shape index (κ3) is 3.59. The first-order valence-corrected chi connectivity index (χ1v) is 11.7. The normalized spacial score (nSPS) is 23.0. The van der Waals surface area contributed by atoms with Gasteiger partial charge in [0.05, 0.1) is 17.0 Å². The third-order valence-electron chi connectivity index (χ3n) is 7.66. The van der Waals surface area contributed by atoms with E-state index in [1.54, 1.807) is 39.1 Å². The predicted octanol–water partition coefficient (Wildman–Crippen LogP) is 4.12. The molecule has 5 rings (SSSR count). The Hall–Kier alpha value is -3.89. The van der Waals surface area contributed by atoms with Crippen molar-refractivity contribution in [2.45, 2.75) is 44.3 Å². The molecule has 1 fully saturated rings. The van der Waals surface area contributed by atoms with E-state index in [0.717, 1.165) is 15.9 Å². The molecule has 4 amide bonds. The van der Waals surface area contributed by atoms with Gasteiger partial charge in [-0.05, 0) is 67.6 Å². The van der Waals surface area contributed by atoms with Gasteiger partial charge < -0.3 is 10.0 Å². The third-order valence-corrected chi connectivity index (χ3v) is 7.66. The summed E-state index contributed by atoms with van der Waals surface area (Å²) >= 11 is 0. The Morgan fingerprint density at radius 3 is 2.46 bits per heavy atom. The molecule has 0 spiro atoms. The van der Waals surface area contributed by atoms with Crippen LogP contribution in [0.4, 0.5) is 29.3 Å². The first-order valence-electron chi connectivity index (χ1n) is 11.7. The number of carbonyl (C=O) groups excluding carboxylic acids is 3. The van der Waals surface area contributed by atoms with Gasteiger partial charge in [-0.2, -0.15) is 13.2 Å². The van der Waals surface area contributed by atoms with E-state index in [2.05, 4.69) is 0 Å². The minimum atomic E-state index is -4.60. The first-order chi connectivity index (χ1) is 17.2. The van der Waals surface area contributed by atoms with Crippen molar-refractivity contribution in [3.63, 3.8) is 0 Å². The Bertz CT molecular complexity index is 1370. The number of urea groups is 1. The lowest BCUT2D eigenvalue weighted by atomic mass is 9.86. The van der Waals surface area contributed by atoms with Crippen molar-refractivity contribution in [1.29, 1.82) is 0 Å². The van der Waals surface area contributed by atoms with Crippen LogP contribution in [0.5, 0.6) is 0 Å². The highest BCUT2D eigenvalue weighted by Gasteiger charge is 2.50. The molecule has 0 aromatic heterocycles. The van der Waals surface area contributed by atoms with E-state index in [9.17, 15) is 37.5 Å². The summed E-state index contributed by atoms with van der Waals surface area (Å²) in [5, 5.41) is 9.79. The molecule has 0 radical (unpaired) electrons. The second-order valence-corrected chi connectivity index (χ2v) is 10.1. The number of nitrogens with zero attached hydrogens (tertiary/aromatic N) is 3. The summed E-state index contributed by atoms with van der Waals surface area (Å²) < 4.78 is 40.7. The van der Waals surface area contributed by atoms with Gasteiger partial charge in [-0.3, -0.25) is 24.2 Å². The smallest absolute Gasteiger partial charge is 0.416 e. The minimum absolute atomic E-state index is 0.00503. The van der Waals surface area contributed by atoms with Crippen molar-refractivity contribution < 1.29 is 37.5 Å². The molecule has 2 aromatic rings. The molecule has 1 unspecified atom stereocenters. The predicted molar refractivity (Wildman–Crippen MR) is 126 cm³/mol. The topological polar surface area (TPSA) is 98.2 Å². The van der Waals surface area contributed by atoms with Gasteiger partial charge in [-0.15, -0.1) is 0 Å². The summed E-state index contributed by atoms with van der Waals surface area (Å²) in [6, 6.07) is 6.64. The average molecular weight is 515 g/mol. The van der Waals surface area contributed by atoms with Crippen molar-refractivity contribution in [2.24, 2.45) is 5.92 Å². The quantitative estimate of drug-likeness (QED) is 0.621. The van der Waals surface area contributed by atoms with Crippen molar-refractivity contribution >= 4 is 35.2 Å². The number of fused-ring (bicyclic) bond motifs is 2. The molecule has 2 aromatic carbocycles. The van der Waals surface area contributed by atoms with E-state index in [4.69, 9.17) is 0 Å². The molecular weight excluding hydrogens is 491 g/mol. The molecule has 11 heteroatoms. The summed E-state index contributed by atoms with van der Waals surface area (Å²) in [5.41, 5.74) is 0.0582. The van der Waals surface area contributed by atoms with E-state index in [1.165, 1.54) is 17.0 Å². The molecule has 1 saturated heterocycles. The summed E-state index contributed by atoms with van der Waals surface area (Å²) in [7, 11) is 1.63. The number of imide groups is 1. The largest absolute Gasteiger partial charge is 0.481 e. The summed E-state index contributed by atoms with van der Waals surface area (Å²) in [6.07, 6.45) is -4.56. The van der Waals surface area contributed by atoms with Crippen LogP contribution in [0.2, 0.25) is 0 Å². The average Bonchev–Trinajstić information content (AvgIpc) is 3.32. The number of rotatable bonds is 3. The lowest BCUT2D eigenvalue weighted by Crippen LogP contribution is -2.59. The summed E-state index contributed by atoms with van der Waals surface area (Å²) in [6.45, 7) is 3.04. The molecule has 37 heavy (non-hydrogen) atoms. The number of carbonyl (C=O) groups is 4. The van der Waals surface area contributed by atoms with Gasteiger partial charge in [0.2, 0.25) is 11.8 Å². The van der Waals surface area contributed by atoms with Crippen LogP contribution in [-0.2, 0) is 32.4 Å². The zero-order valence-corrected chi connectivity index (χ0v) is 20.3. The number of likely N-dealkylation sites (N-methyl/N-ethyl adjacent to an activating group) is 1. The van der Waals surface area contributed by atoms with Crippen LogP contribution in [-0.4, -0.2) is 47.4 Å². The highest BCUT2D eigenvalue weighted by molar-refractivity contribution is 6.13. The number of anilines is 2. The van der Waals surface area contributed by atoms with Crippen LogP contribution >= 0.6 is 0 Å². The van der Waals surface area contributed by atoms with Gasteiger partial charge in [0.25, 0.3) is 0 Å². The fourth-order valence-electron chi connectivity index (χ4n) is 5.71. The number of halogens is 3. The van der Waals surface area contributed by atoms with Gasteiger partial charge in [-0.1, -0.05) is 12.1 Å². The second kappa shape index (κ2) is 8.06. The number of hydrogen-bond acceptors (Lipinski definition) is 4. The van der Waals surface area contributed by atoms with Gasteiger partial charge in [0.15, 0.2) is 5.92 Å². The zero-order chi connectivity index (χ0) is 27.0. The summed E-state index contributed by atoms with van der Waals surface area (Å²) in [5.74, 6) is -4.14. The van der Waals surface area contributed by atoms with Gasteiger partial charge in [0.1, 0.15) is 0 Å². The second-order valence-electron chi connectivity index (χ2n) is 10.1. The van der Waals surface area contributed by atoms with Crippen LogP contribution in [0.25, 0.3) is 0 Å². The summed E-state index contributed by atoms with van der Waals surface area (Å²) in [4.78, 5) is 55.1. The minimum Gasteiger partial charge on any atom is -0.481 e. The highest BCUT2D eigenvalue weighted by atomic mass is 19.4. The van der Waals surface area contributed by atoms with Crippen LogP contribution < -0.4 is 9.80 Å². The van der Waals surface area contributed by atoms with E-state index in [-0.39, 0.29) is 29.9 Å². The Morgan fingerprint density at radius 2 is 1.81 bits per heavy atom. The first kappa shape index (κ1) is 24.8. The standard InChI is InChI=1S/C26H24F3N3O5/c1-25(2)18-11-13(7-9-20(18)30(3)23(25)36)31-12-16(22(34)35)21(33)32(24(31)37)19-10-8-14-15(19)5-4-6-17(14)26(27,28)29/h4-7,9,11,16,19H,8,10,12H2,1-3H3,(H,34,35)/t16?,19-/m1/s1. The number of carboxylic acids is 1. The Kier molecular flexibility index (Phi) is 5.40. The molecule has 2 heterocycles. The number of benzene rings is 2. The molecule has 8 nitrogen and oxygen atoms in total. The van der Waals surface area contributed by atoms with Crippen LogP contribution in [0.3, 0.4) is 0 Å². The molecule has 0 saturated carbocycles. The van der Waals surface area contributed by atoms with E-state index in [1.807, 2.05) is 0 Å². The van der Waals surface area contributed by atoms with E-state index in [0.29, 0.717) is 16.9 Å². The zero-order valence-electron chi connectivity index (χ0n) is 20.3. The molecule has 1 aliphatic carbocycles. The fraction of sp³-hybridized carbons (Fsp3) is 0.385. The molecule has 2 atom stereocenters. The molecule has 3 aliphatic rings. The number of alkyl halides is 3. The number of carboxylic acid groups (broad SMARTS) is 1. The van der Waals surface area contributed by atoms with Gasteiger partial charge in [0, 0.05) is 25.0 Å². The Labute approximate surface area is 210 Å². The maximum absolute atomic E-state index is 13.7. The fourth-order valence-corrected chi connectivity index (χ4v) is 5.71. The number of hydrogen-bond donors (Lipinski definition) is 1. The van der Waals surface area contributed by atoms with Crippen LogP contribution in [0, 0.1) is 5.92 Å².